The summed E-state index contributed by atoms with van der Waals surface area (Å²) in [5, 5.41) is 12.7. The second kappa shape index (κ2) is 4.95. The van der Waals surface area contributed by atoms with E-state index in [-0.39, 0.29) is 0 Å². The van der Waals surface area contributed by atoms with Crippen LogP contribution in [0.15, 0.2) is 29.9 Å². The van der Waals surface area contributed by atoms with Crippen LogP contribution in [-0.4, -0.2) is 10.1 Å². The SMILES string of the molecule is Cc1csc(C(O)Cc2cccnc2)c1Cl. The Morgan fingerprint density at radius 1 is 1.56 bits per heavy atom. The van der Waals surface area contributed by atoms with Crippen LogP contribution in [-0.2, 0) is 6.42 Å². The first-order valence-corrected chi connectivity index (χ1v) is 6.24. The fourth-order valence-corrected chi connectivity index (χ4v) is 2.81. The average molecular weight is 254 g/mol. The molecule has 0 saturated heterocycles. The Morgan fingerprint density at radius 3 is 2.94 bits per heavy atom. The summed E-state index contributed by atoms with van der Waals surface area (Å²) in [5.41, 5.74) is 2.03. The van der Waals surface area contributed by atoms with Gasteiger partial charge in [0.2, 0.25) is 0 Å². The first kappa shape index (κ1) is 11.6. The summed E-state index contributed by atoms with van der Waals surface area (Å²) >= 11 is 7.61. The van der Waals surface area contributed by atoms with E-state index in [2.05, 4.69) is 4.98 Å². The van der Waals surface area contributed by atoms with Gasteiger partial charge in [0.25, 0.3) is 0 Å². The van der Waals surface area contributed by atoms with Crippen molar-refractivity contribution in [3.05, 3.63) is 50.9 Å². The topological polar surface area (TPSA) is 33.1 Å². The molecule has 0 fully saturated rings. The van der Waals surface area contributed by atoms with Crippen molar-refractivity contribution >= 4 is 22.9 Å². The maximum atomic E-state index is 10.1. The molecule has 1 atom stereocenters. The number of pyridine rings is 1. The molecule has 0 amide bonds. The van der Waals surface area contributed by atoms with Crippen molar-refractivity contribution in [3.8, 4) is 0 Å². The molecule has 1 N–H and O–H groups in total. The zero-order valence-electron chi connectivity index (χ0n) is 8.85. The minimum atomic E-state index is -0.546. The molecule has 0 bridgehead atoms. The summed E-state index contributed by atoms with van der Waals surface area (Å²) < 4.78 is 0. The number of thiophene rings is 1. The molecule has 2 rings (SSSR count). The number of hydrogen-bond donors (Lipinski definition) is 1. The van der Waals surface area contributed by atoms with Crippen molar-refractivity contribution in [2.75, 3.05) is 0 Å². The molecule has 0 aliphatic heterocycles. The molecule has 4 heteroatoms. The molecule has 2 heterocycles. The largest absolute Gasteiger partial charge is 0.387 e. The summed E-state index contributed by atoms with van der Waals surface area (Å²) in [6.45, 7) is 1.94. The number of halogens is 1. The lowest BCUT2D eigenvalue weighted by Gasteiger charge is -2.09. The Balaban J connectivity index is 2.15. The van der Waals surface area contributed by atoms with E-state index in [1.165, 1.54) is 11.3 Å². The Labute approximate surface area is 104 Å². The van der Waals surface area contributed by atoms with Gasteiger partial charge in [-0.05, 0) is 29.5 Å². The molecule has 0 spiro atoms. The highest BCUT2D eigenvalue weighted by molar-refractivity contribution is 7.10. The predicted molar refractivity (Wildman–Crippen MR) is 67.0 cm³/mol. The second-order valence-electron chi connectivity index (χ2n) is 3.68. The summed E-state index contributed by atoms with van der Waals surface area (Å²) in [7, 11) is 0. The van der Waals surface area contributed by atoms with E-state index < -0.39 is 6.10 Å². The number of nitrogens with zero attached hydrogens (tertiary/aromatic N) is 1. The molecule has 0 aliphatic rings. The van der Waals surface area contributed by atoms with Crippen LogP contribution >= 0.6 is 22.9 Å². The molecule has 0 saturated carbocycles. The zero-order chi connectivity index (χ0) is 11.5. The van der Waals surface area contributed by atoms with Gasteiger partial charge in [-0.15, -0.1) is 11.3 Å². The molecular weight excluding hydrogens is 242 g/mol. The van der Waals surface area contributed by atoms with Crippen molar-refractivity contribution in [2.45, 2.75) is 19.4 Å². The van der Waals surface area contributed by atoms with Crippen molar-refractivity contribution in [1.29, 1.82) is 0 Å². The first-order valence-electron chi connectivity index (χ1n) is 4.99. The lowest BCUT2D eigenvalue weighted by molar-refractivity contribution is 0.182. The third kappa shape index (κ3) is 2.43. The van der Waals surface area contributed by atoms with E-state index in [4.69, 9.17) is 11.6 Å². The van der Waals surface area contributed by atoms with Gasteiger partial charge in [0.05, 0.1) is 16.0 Å². The summed E-state index contributed by atoms with van der Waals surface area (Å²) in [4.78, 5) is 4.85. The zero-order valence-corrected chi connectivity index (χ0v) is 10.4. The van der Waals surface area contributed by atoms with Crippen molar-refractivity contribution < 1.29 is 5.11 Å². The number of rotatable bonds is 3. The summed E-state index contributed by atoms with van der Waals surface area (Å²) in [5.74, 6) is 0. The van der Waals surface area contributed by atoms with Crippen molar-refractivity contribution in [2.24, 2.45) is 0 Å². The van der Waals surface area contributed by atoms with Gasteiger partial charge in [-0.2, -0.15) is 0 Å². The molecule has 2 aromatic heterocycles. The minimum Gasteiger partial charge on any atom is -0.387 e. The number of aliphatic hydroxyl groups excluding tert-OH is 1. The molecular formula is C12H12ClNOS. The maximum Gasteiger partial charge on any atom is 0.0937 e. The van der Waals surface area contributed by atoms with E-state index in [9.17, 15) is 5.11 Å². The van der Waals surface area contributed by atoms with Crippen LogP contribution in [0.5, 0.6) is 0 Å². The Kier molecular flexibility index (Phi) is 3.59. The van der Waals surface area contributed by atoms with Crippen LogP contribution in [0, 0.1) is 6.92 Å². The average Bonchev–Trinajstić information content (AvgIpc) is 2.61. The monoisotopic (exact) mass is 253 g/mol. The van der Waals surface area contributed by atoms with Crippen molar-refractivity contribution in [3.63, 3.8) is 0 Å². The van der Waals surface area contributed by atoms with Gasteiger partial charge < -0.3 is 5.11 Å². The van der Waals surface area contributed by atoms with E-state index in [0.717, 1.165) is 16.0 Å². The number of hydrogen-bond acceptors (Lipinski definition) is 3. The quantitative estimate of drug-likeness (QED) is 0.910. The maximum absolute atomic E-state index is 10.1. The smallest absolute Gasteiger partial charge is 0.0937 e. The highest BCUT2D eigenvalue weighted by Gasteiger charge is 2.15. The van der Waals surface area contributed by atoms with Gasteiger partial charge in [0.15, 0.2) is 0 Å². The molecule has 0 aromatic carbocycles. The number of aryl methyl sites for hydroxylation is 1. The van der Waals surface area contributed by atoms with Crippen LogP contribution in [0.2, 0.25) is 5.02 Å². The van der Waals surface area contributed by atoms with Gasteiger partial charge in [-0.1, -0.05) is 17.7 Å². The fourth-order valence-electron chi connectivity index (χ4n) is 1.51. The lowest BCUT2D eigenvalue weighted by atomic mass is 10.1. The van der Waals surface area contributed by atoms with Crippen LogP contribution in [0.4, 0.5) is 0 Å². The highest BCUT2D eigenvalue weighted by atomic mass is 35.5. The van der Waals surface area contributed by atoms with E-state index >= 15 is 0 Å². The Hall–Kier alpha value is -0.900. The molecule has 1 unspecified atom stereocenters. The third-order valence-electron chi connectivity index (χ3n) is 2.38. The van der Waals surface area contributed by atoms with Gasteiger partial charge >= 0.3 is 0 Å². The van der Waals surface area contributed by atoms with Gasteiger partial charge in [0.1, 0.15) is 0 Å². The first-order chi connectivity index (χ1) is 7.68. The Morgan fingerprint density at radius 2 is 2.38 bits per heavy atom. The van der Waals surface area contributed by atoms with Crippen molar-refractivity contribution in [1.82, 2.24) is 4.98 Å². The molecule has 84 valence electrons. The van der Waals surface area contributed by atoms with Crippen LogP contribution in [0.3, 0.4) is 0 Å². The normalized spacial score (nSPS) is 12.7. The molecule has 16 heavy (non-hydrogen) atoms. The predicted octanol–water partition coefficient (Wildman–Crippen LogP) is 3.38. The second-order valence-corrected chi connectivity index (χ2v) is 4.97. The fraction of sp³-hybridized carbons (Fsp3) is 0.250. The van der Waals surface area contributed by atoms with Gasteiger partial charge in [-0.25, -0.2) is 0 Å². The minimum absolute atomic E-state index is 0.546. The number of aliphatic hydroxyl groups is 1. The summed E-state index contributed by atoms with van der Waals surface area (Å²) in [6, 6.07) is 3.81. The highest BCUT2D eigenvalue weighted by Crippen LogP contribution is 2.33. The van der Waals surface area contributed by atoms with Crippen LogP contribution in [0.25, 0.3) is 0 Å². The van der Waals surface area contributed by atoms with E-state index in [0.29, 0.717) is 11.4 Å². The standard InChI is InChI=1S/C12H12ClNOS/c1-8-7-16-12(11(8)13)10(15)5-9-3-2-4-14-6-9/h2-4,6-7,10,15H,5H2,1H3. The lowest BCUT2D eigenvalue weighted by Crippen LogP contribution is -2.00. The van der Waals surface area contributed by atoms with E-state index in [1.54, 1.807) is 12.4 Å². The Bertz CT molecular complexity index is 469. The molecule has 0 aliphatic carbocycles. The third-order valence-corrected chi connectivity index (χ3v) is 4.19. The number of aromatic nitrogens is 1. The molecule has 0 radical (unpaired) electrons. The van der Waals surface area contributed by atoms with Gasteiger partial charge in [0, 0.05) is 18.8 Å². The molecule has 2 aromatic rings. The van der Waals surface area contributed by atoms with Gasteiger partial charge in [-0.3, -0.25) is 4.98 Å². The van der Waals surface area contributed by atoms with E-state index in [1.807, 2.05) is 24.4 Å². The molecule has 2 nitrogen and oxygen atoms in total. The van der Waals surface area contributed by atoms with Crippen LogP contribution < -0.4 is 0 Å². The summed E-state index contributed by atoms with van der Waals surface area (Å²) in [6.07, 6.45) is 3.49. The van der Waals surface area contributed by atoms with Crippen LogP contribution in [0.1, 0.15) is 22.1 Å².